The minimum Gasteiger partial charge on any atom is -0.457 e. The molecule has 12 rings (SSSR count). The first kappa shape index (κ1) is 34.1. The maximum Gasteiger partial charge on any atom is 0.180 e. The molecule has 10 aromatic rings. The molecule has 0 aliphatic carbocycles. The van der Waals surface area contributed by atoms with Gasteiger partial charge in [-0.25, -0.2) is 0 Å². The lowest BCUT2D eigenvalue weighted by atomic mass is 9.63. The normalized spacial score (nSPS) is 14.2. The summed E-state index contributed by atoms with van der Waals surface area (Å²) in [6.45, 7) is 0. The van der Waals surface area contributed by atoms with Crippen LogP contribution in [-0.2, 0) is 5.41 Å². The van der Waals surface area contributed by atoms with Crippen LogP contribution in [0.3, 0.4) is 0 Å². The van der Waals surface area contributed by atoms with Crippen LogP contribution in [0, 0.1) is 0 Å². The smallest absolute Gasteiger partial charge is 0.180 e. The highest BCUT2D eigenvalue weighted by atomic mass is 32.1. The van der Waals surface area contributed by atoms with Gasteiger partial charge in [-0.05, 0) is 92.5 Å². The van der Waals surface area contributed by atoms with Crippen molar-refractivity contribution in [1.29, 1.82) is 0 Å². The third-order valence-electron chi connectivity index (χ3n) is 12.7. The van der Waals surface area contributed by atoms with E-state index >= 15 is 0 Å². The van der Waals surface area contributed by atoms with Gasteiger partial charge in [0.25, 0.3) is 0 Å². The van der Waals surface area contributed by atoms with Crippen molar-refractivity contribution in [2.45, 2.75) is 5.41 Å². The van der Waals surface area contributed by atoms with Gasteiger partial charge in [-0.3, -0.25) is 0 Å². The van der Waals surface area contributed by atoms with Gasteiger partial charge in [-0.2, -0.15) is 0 Å². The fourth-order valence-electron chi connectivity index (χ4n) is 10.4. The summed E-state index contributed by atoms with van der Waals surface area (Å²) in [5.41, 5.74) is 7.58. The molecule has 0 atom stereocenters. The van der Waals surface area contributed by atoms with E-state index in [9.17, 15) is 0 Å². The first-order chi connectivity index (χ1) is 29.3. The molecule has 2 aliphatic heterocycles. The van der Waals surface area contributed by atoms with Crippen molar-refractivity contribution >= 4 is 77.4 Å². The summed E-state index contributed by atoms with van der Waals surface area (Å²) in [4.78, 5) is 2.45. The van der Waals surface area contributed by atoms with Crippen molar-refractivity contribution in [3.63, 3.8) is 0 Å². The Balaban J connectivity index is 1.24. The van der Waals surface area contributed by atoms with Crippen LogP contribution < -0.4 is 30.4 Å². The number of ether oxygens (including phenoxy) is 1. The van der Waals surface area contributed by atoms with Crippen LogP contribution in [-0.4, -0.2) is 8.07 Å². The summed E-state index contributed by atoms with van der Waals surface area (Å²) in [5.74, 6) is 1.78. The predicted molar refractivity (Wildman–Crippen MR) is 250 cm³/mol. The molecule has 0 bridgehead atoms. The van der Waals surface area contributed by atoms with Crippen LogP contribution in [0.5, 0.6) is 11.5 Å². The minimum atomic E-state index is -2.96. The maximum absolute atomic E-state index is 6.84. The monoisotopic (exact) mass is 787 g/mol. The van der Waals surface area contributed by atoms with E-state index in [4.69, 9.17) is 4.74 Å². The Hall–Kier alpha value is -6.98. The summed E-state index contributed by atoms with van der Waals surface area (Å²) >= 11 is 1.86. The molecule has 4 heteroatoms. The predicted octanol–water partition coefficient (Wildman–Crippen LogP) is 11.7. The molecule has 2 aliphatic rings. The molecule has 9 aromatic carbocycles. The first-order valence-corrected chi connectivity index (χ1v) is 23.1. The number of benzene rings is 9. The van der Waals surface area contributed by atoms with Gasteiger partial charge in [0.1, 0.15) is 11.5 Å². The van der Waals surface area contributed by atoms with E-state index in [1.54, 1.807) is 0 Å². The van der Waals surface area contributed by atoms with Gasteiger partial charge in [0.2, 0.25) is 0 Å². The number of hydrogen-bond donors (Lipinski definition) is 0. The zero-order chi connectivity index (χ0) is 39.0. The molecule has 0 saturated carbocycles. The Bertz CT molecular complexity index is 3130. The Labute approximate surface area is 348 Å². The maximum atomic E-state index is 6.84. The van der Waals surface area contributed by atoms with Gasteiger partial charge in [0.05, 0.1) is 5.41 Å². The highest BCUT2D eigenvalue weighted by Crippen LogP contribution is 2.57. The molecule has 0 amide bonds. The highest BCUT2D eigenvalue weighted by molar-refractivity contribution is 7.25. The molecule has 2 nitrogen and oxygen atoms in total. The number of fused-ring (bicyclic) bond motifs is 11. The third kappa shape index (κ3) is 4.85. The van der Waals surface area contributed by atoms with Crippen LogP contribution in [0.2, 0.25) is 0 Å². The number of nitrogens with zero attached hydrogens (tertiary/aromatic N) is 1. The molecule has 0 radical (unpaired) electrons. The molecule has 1 aromatic heterocycles. The molecule has 3 heterocycles. The lowest BCUT2D eigenvalue weighted by Crippen LogP contribution is -2.79. The number of thiophene rings is 1. The van der Waals surface area contributed by atoms with E-state index in [-0.39, 0.29) is 0 Å². The van der Waals surface area contributed by atoms with Crippen molar-refractivity contribution in [3.8, 4) is 11.5 Å². The summed E-state index contributed by atoms with van der Waals surface area (Å²) in [6, 6.07) is 83.4. The van der Waals surface area contributed by atoms with E-state index in [1.165, 1.54) is 52.0 Å². The van der Waals surface area contributed by atoms with Crippen LogP contribution in [0.1, 0.15) is 22.3 Å². The largest absolute Gasteiger partial charge is 0.457 e. The topological polar surface area (TPSA) is 12.5 Å². The number of rotatable bonds is 5. The van der Waals surface area contributed by atoms with Gasteiger partial charge >= 0.3 is 0 Å². The lowest BCUT2D eigenvalue weighted by molar-refractivity contribution is 0.435. The first-order valence-electron chi connectivity index (χ1n) is 20.3. The van der Waals surface area contributed by atoms with Crippen molar-refractivity contribution in [1.82, 2.24) is 0 Å². The Morgan fingerprint density at radius 3 is 1.58 bits per heavy atom. The molecular weight excluding hydrogens is 751 g/mol. The second kappa shape index (κ2) is 13.3. The van der Waals surface area contributed by atoms with Gasteiger partial charge in [-0.15, -0.1) is 11.3 Å². The van der Waals surface area contributed by atoms with Crippen LogP contribution in [0.15, 0.2) is 224 Å². The van der Waals surface area contributed by atoms with Gasteiger partial charge in [0.15, 0.2) is 8.07 Å². The van der Waals surface area contributed by atoms with Crippen LogP contribution in [0.25, 0.3) is 20.2 Å². The summed E-state index contributed by atoms with van der Waals surface area (Å²) in [6.07, 6.45) is 0. The molecule has 0 N–H and O–H groups in total. The molecule has 0 saturated heterocycles. The van der Waals surface area contributed by atoms with Gasteiger partial charge in [0, 0.05) is 48.4 Å². The number of para-hydroxylation sites is 3. The number of anilines is 3. The van der Waals surface area contributed by atoms with E-state index < -0.39 is 13.5 Å². The zero-order valence-electron chi connectivity index (χ0n) is 32.1. The van der Waals surface area contributed by atoms with Crippen molar-refractivity contribution in [2.24, 2.45) is 0 Å². The molecular formula is C55H37NOSSi. The van der Waals surface area contributed by atoms with E-state index in [2.05, 4.69) is 229 Å². The molecule has 1 spiro atoms. The Morgan fingerprint density at radius 1 is 0.373 bits per heavy atom. The second-order valence-corrected chi connectivity index (χ2v) is 20.4. The van der Waals surface area contributed by atoms with Crippen molar-refractivity contribution < 1.29 is 4.74 Å². The van der Waals surface area contributed by atoms with Gasteiger partial charge in [-0.1, -0.05) is 164 Å². The van der Waals surface area contributed by atoms with E-state index in [0.717, 1.165) is 39.7 Å². The molecule has 0 fully saturated rings. The van der Waals surface area contributed by atoms with Crippen molar-refractivity contribution in [3.05, 3.63) is 247 Å². The third-order valence-corrected chi connectivity index (χ3v) is 18.7. The quantitative estimate of drug-likeness (QED) is 0.161. The van der Waals surface area contributed by atoms with Crippen LogP contribution >= 0.6 is 11.3 Å². The van der Waals surface area contributed by atoms with Crippen LogP contribution in [0.4, 0.5) is 17.1 Å². The fourth-order valence-corrected chi connectivity index (χ4v) is 16.7. The Morgan fingerprint density at radius 2 is 0.881 bits per heavy atom. The van der Waals surface area contributed by atoms with E-state index in [1.807, 2.05) is 11.3 Å². The minimum absolute atomic E-state index is 0.677. The zero-order valence-corrected chi connectivity index (χ0v) is 33.9. The summed E-state index contributed by atoms with van der Waals surface area (Å²) in [5, 5.41) is 8.09. The van der Waals surface area contributed by atoms with Gasteiger partial charge < -0.3 is 9.64 Å². The van der Waals surface area contributed by atoms with Crippen molar-refractivity contribution in [2.75, 3.05) is 4.90 Å². The SMILES string of the molecule is c1ccc(N(c2ccc3c(c2)C2(c4ccccc4Oc4ccccc42)c2ccccc2[Si]3(c2ccccc2)c2ccccc2)c2ccc3sc4ccccc4c3c2)cc1. The molecule has 0 unspecified atom stereocenters. The lowest BCUT2D eigenvalue weighted by Gasteiger charge is -2.51. The average molecular weight is 788 g/mol. The summed E-state index contributed by atoms with van der Waals surface area (Å²) < 4.78 is 9.44. The second-order valence-electron chi connectivity index (χ2n) is 15.6. The Kier molecular flexibility index (Phi) is 7.68. The average Bonchev–Trinajstić information content (AvgIpc) is 3.68. The summed E-state index contributed by atoms with van der Waals surface area (Å²) in [7, 11) is -2.96. The molecule has 59 heavy (non-hydrogen) atoms. The fraction of sp³-hybridized carbons (Fsp3) is 0.0182. The standard InChI is InChI=1S/C55H37NOSSi/c1-4-18-38(19-5-1)56(39-32-34-52-44(36-39)43-24-10-16-30-51(43)58-52)40-33-35-54-48(37-40)55(45-25-11-14-28-49(45)57-50-29-15-12-26-46(50)55)47-27-13-17-31-53(47)59(54,41-20-6-2-7-21-41)42-22-8-3-9-23-42/h1-37H. The molecule has 278 valence electrons. The number of hydrogen-bond acceptors (Lipinski definition) is 3. The van der Waals surface area contributed by atoms with E-state index in [0.29, 0.717) is 0 Å². The highest BCUT2D eigenvalue weighted by Gasteiger charge is 2.57.